The first-order chi connectivity index (χ1) is 12.8. The van der Waals surface area contributed by atoms with E-state index in [2.05, 4.69) is 22.2 Å². The number of fused-ring (bicyclic) bond motifs is 3. The van der Waals surface area contributed by atoms with Crippen LogP contribution in [0.25, 0.3) is 21.7 Å². The largest absolute Gasteiger partial charge is 0.396 e. The Bertz CT molecular complexity index is 896. The Balaban J connectivity index is 1.86. The first-order valence-electron chi connectivity index (χ1n) is 9.26. The average molecular weight is 369 g/mol. The third-order valence-corrected chi connectivity index (χ3v) is 6.10. The predicted molar refractivity (Wildman–Crippen MR) is 104 cm³/mol. The van der Waals surface area contributed by atoms with Gasteiger partial charge in [0.15, 0.2) is 5.82 Å². The highest BCUT2D eigenvalue weighted by Crippen LogP contribution is 2.39. The van der Waals surface area contributed by atoms with Gasteiger partial charge in [-0.2, -0.15) is 0 Å². The SMILES string of the molecule is CCC(CCO)Nc1nc(-c2cnccn2)nc2sc3c(c12)CCCC3. The standard InChI is InChI=1S/C19H23N5OS/c1-2-12(7-10-25)22-18-16-13-5-3-4-6-15(13)26-19(16)24-17(23-18)14-11-20-8-9-21-14/h8-9,11-12,25H,2-7,10H2,1H3,(H,22,23,24). The maximum atomic E-state index is 9.35. The number of anilines is 1. The molecule has 1 aliphatic rings. The van der Waals surface area contributed by atoms with E-state index in [9.17, 15) is 5.11 Å². The van der Waals surface area contributed by atoms with Crippen LogP contribution < -0.4 is 5.32 Å². The number of rotatable bonds is 6. The Morgan fingerprint density at radius 2 is 2.12 bits per heavy atom. The Kier molecular flexibility index (Phi) is 5.08. The van der Waals surface area contributed by atoms with E-state index in [0.717, 1.165) is 35.3 Å². The zero-order valence-electron chi connectivity index (χ0n) is 14.9. The van der Waals surface area contributed by atoms with Crippen LogP contribution in [0.1, 0.15) is 43.0 Å². The van der Waals surface area contributed by atoms with Crippen LogP contribution in [-0.2, 0) is 12.8 Å². The van der Waals surface area contributed by atoms with E-state index in [4.69, 9.17) is 9.97 Å². The van der Waals surface area contributed by atoms with E-state index >= 15 is 0 Å². The Labute approximate surface area is 156 Å². The Morgan fingerprint density at radius 1 is 1.23 bits per heavy atom. The van der Waals surface area contributed by atoms with Crippen molar-refractivity contribution in [3.8, 4) is 11.5 Å². The summed E-state index contributed by atoms with van der Waals surface area (Å²) in [6.07, 6.45) is 11.3. The van der Waals surface area contributed by atoms with Crippen molar-refractivity contribution in [3.63, 3.8) is 0 Å². The van der Waals surface area contributed by atoms with Gasteiger partial charge in [-0.05, 0) is 44.1 Å². The van der Waals surface area contributed by atoms with Gasteiger partial charge in [-0.1, -0.05) is 6.92 Å². The summed E-state index contributed by atoms with van der Waals surface area (Å²) < 4.78 is 0. The number of hydrogen-bond acceptors (Lipinski definition) is 7. The highest BCUT2D eigenvalue weighted by molar-refractivity contribution is 7.19. The lowest BCUT2D eigenvalue weighted by atomic mass is 9.97. The molecule has 1 atom stereocenters. The molecule has 0 saturated carbocycles. The number of aliphatic hydroxyl groups excluding tert-OH is 1. The molecule has 1 aliphatic carbocycles. The lowest BCUT2D eigenvalue weighted by Gasteiger charge is -2.19. The van der Waals surface area contributed by atoms with Crippen LogP contribution >= 0.6 is 11.3 Å². The summed E-state index contributed by atoms with van der Waals surface area (Å²) in [7, 11) is 0. The fourth-order valence-corrected chi connectivity index (χ4v) is 4.78. The fourth-order valence-electron chi connectivity index (χ4n) is 3.52. The summed E-state index contributed by atoms with van der Waals surface area (Å²) in [5.74, 6) is 1.47. The molecule has 26 heavy (non-hydrogen) atoms. The van der Waals surface area contributed by atoms with Crippen LogP contribution in [0.2, 0.25) is 0 Å². The molecule has 4 rings (SSSR count). The van der Waals surface area contributed by atoms with Gasteiger partial charge in [-0.3, -0.25) is 4.98 Å². The van der Waals surface area contributed by atoms with Gasteiger partial charge in [0.05, 0.1) is 11.6 Å². The van der Waals surface area contributed by atoms with E-state index in [0.29, 0.717) is 17.9 Å². The summed E-state index contributed by atoms with van der Waals surface area (Å²) in [5.41, 5.74) is 2.09. The second kappa shape index (κ2) is 7.63. The Hall–Kier alpha value is -2.12. The molecule has 7 heteroatoms. The van der Waals surface area contributed by atoms with E-state index in [-0.39, 0.29) is 12.6 Å². The van der Waals surface area contributed by atoms with Crippen LogP contribution in [-0.4, -0.2) is 37.7 Å². The smallest absolute Gasteiger partial charge is 0.183 e. The summed E-state index contributed by atoms with van der Waals surface area (Å²) in [6, 6.07) is 0.187. The van der Waals surface area contributed by atoms with Gasteiger partial charge in [0.1, 0.15) is 16.3 Å². The van der Waals surface area contributed by atoms with Gasteiger partial charge in [-0.25, -0.2) is 15.0 Å². The van der Waals surface area contributed by atoms with Gasteiger partial charge < -0.3 is 10.4 Å². The van der Waals surface area contributed by atoms with Crippen molar-refractivity contribution in [2.45, 2.75) is 51.5 Å². The molecule has 0 spiro atoms. The van der Waals surface area contributed by atoms with Crippen LogP contribution in [0, 0.1) is 0 Å². The van der Waals surface area contributed by atoms with E-state index in [1.54, 1.807) is 29.9 Å². The average Bonchev–Trinajstić information content (AvgIpc) is 3.07. The highest BCUT2D eigenvalue weighted by atomic mass is 32.1. The molecule has 0 amide bonds. The monoisotopic (exact) mass is 369 g/mol. The molecule has 3 aromatic rings. The molecule has 1 unspecified atom stereocenters. The van der Waals surface area contributed by atoms with Crippen molar-refractivity contribution < 1.29 is 5.11 Å². The summed E-state index contributed by atoms with van der Waals surface area (Å²) in [5, 5.41) is 14.1. The van der Waals surface area contributed by atoms with Gasteiger partial charge in [0, 0.05) is 29.9 Å². The van der Waals surface area contributed by atoms with Crippen molar-refractivity contribution in [2.75, 3.05) is 11.9 Å². The molecule has 0 aliphatic heterocycles. The molecule has 0 aromatic carbocycles. The van der Waals surface area contributed by atoms with Gasteiger partial charge >= 0.3 is 0 Å². The van der Waals surface area contributed by atoms with E-state index in [1.807, 2.05) is 0 Å². The van der Waals surface area contributed by atoms with E-state index in [1.165, 1.54) is 23.3 Å². The predicted octanol–water partition coefficient (Wildman–Crippen LogP) is 3.60. The second-order valence-electron chi connectivity index (χ2n) is 6.64. The highest BCUT2D eigenvalue weighted by Gasteiger charge is 2.22. The number of nitrogens with zero attached hydrogens (tertiary/aromatic N) is 4. The third kappa shape index (κ3) is 3.29. The molecule has 0 saturated heterocycles. The maximum absolute atomic E-state index is 9.35. The molecule has 0 fully saturated rings. The molecule has 6 nitrogen and oxygen atoms in total. The molecule has 2 N–H and O–H groups in total. The van der Waals surface area contributed by atoms with Crippen molar-refractivity contribution >= 4 is 27.4 Å². The first kappa shape index (κ1) is 17.3. The molecule has 0 bridgehead atoms. The van der Waals surface area contributed by atoms with Crippen LogP contribution in [0.5, 0.6) is 0 Å². The normalized spacial score (nSPS) is 15.0. The molecule has 3 heterocycles. The van der Waals surface area contributed by atoms with Crippen molar-refractivity contribution in [1.82, 2.24) is 19.9 Å². The van der Waals surface area contributed by atoms with Crippen LogP contribution in [0.15, 0.2) is 18.6 Å². The molecular formula is C19H23N5OS. The number of aromatic nitrogens is 4. The quantitative estimate of drug-likeness (QED) is 0.691. The molecule has 3 aromatic heterocycles. The Morgan fingerprint density at radius 3 is 2.88 bits per heavy atom. The number of aliphatic hydroxyl groups is 1. The molecular weight excluding hydrogens is 346 g/mol. The minimum Gasteiger partial charge on any atom is -0.396 e. The van der Waals surface area contributed by atoms with Crippen molar-refractivity contribution in [3.05, 3.63) is 29.0 Å². The summed E-state index contributed by atoms with van der Waals surface area (Å²) in [6.45, 7) is 2.29. The lowest BCUT2D eigenvalue weighted by molar-refractivity contribution is 0.278. The molecule has 136 valence electrons. The number of aryl methyl sites for hydroxylation is 2. The first-order valence-corrected chi connectivity index (χ1v) is 10.1. The van der Waals surface area contributed by atoms with E-state index < -0.39 is 0 Å². The topological polar surface area (TPSA) is 83.8 Å². The number of thiophene rings is 1. The van der Waals surface area contributed by atoms with Gasteiger partial charge in [-0.15, -0.1) is 11.3 Å². The van der Waals surface area contributed by atoms with Crippen molar-refractivity contribution in [2.24, 2.45) is 0 Å². The van der Waals surface area contributed by atoms with Crippen LogP contribution in [0.3, 0.4) is 0 Å². The number of hydrogen-bond donors (Lipinski definition) is 2. The number of nitrogens with one attached hydrogen (secondary N) is 1. The van der Waals surface area contributed by atoms with Crippen LogP contribution in [0.4, 0.5) is 5.82 Å². The summed E-state index contributed by atoms with van der Waals surface area (Å²) >= 11 is 1.78. The second-order valence-corrected chi connectivity index (χ2v) is 7.72. The zero-order chi connectivity index (χ0) is 17.9. The van der Waals surface area contributed by atoms with Gasteiger partial charge in [0.2, 0.25) is 0 Å². The lowest BCUT2D eigenvalue weighted by Crippen LogP contribution is -2.21. The minimum atomic E-state index is 0.165. The third-order valence-electron chi connectivity index (χ3n) is 4.92. The zero-order valence-corrected chi connectivity index (χ0v) is 15.7. The molecule has 0 radical (unpaired) electrons. The summed E-state index contributed by atoms with van der Waals surface area (Å²) in [4.78, 5) is 20.6. The minimum absolute atomic E-state index is 0.165. The fraction of sp³-hybridized carbons (Fsp3) is 0.474. The van der Waals surface area contributed by atoms with Crippen molar-refractivity contribution in [1.29, 1.82) is 0 Å². The maximum Gasteiger partial charge on any atom is 0.183 e. The van der Waals surface area contributed by atoms with Gasteiger partial charge in [0.25, 0.3) is 0 Å².